The van der Waals surface area contributed by atoms with Crippen LogP contribution in [0, 0.1) is 0 Å². The van der Waals surface area contributed by atoms with E-state index in [0.29, 0.717) is 4.88 Å². The van der Waals surface area contributed by atoms with Crippen LogP contribution in [0.3, 0.4) is 0 Å². The second-order valence-corrected chi connectivity index (χ2v) is 5.36. The van der Waals surface area contributed by atoms with Gasteiger partial charge in [-0.2, -0.15) is 0 Å². The summed E-state index contributed by atoms with van der Waals surface area (Å²) in [6.07, 6.45) is 4.29. The molecule has 0 bridgehead atoms. The molecule has 0 aromatic carbocycles. The van der Waals surface area contributed by atoms with Crippen molar-refractivity contribution in [3.8, 4) is 0 Å². The number of thiophene rings is 1. The van der Waals surface area contributed by atoms with E-state index in [1.165, 1.54) is 18.4 Å². The number of imidazole rings is 1. The molecule has 1 aliphatic rings. The lowest BCUT2D eigenvalue weighted by atomic mass is 10.2. The Balaban J connectivity index is 1.87. The van der Waals surface area contributed by atoms with Crippen LogP contribution in [0.25, 0.3) is 10.3 Å². The average Bonchev–Trinajstić information content (AvgIpc) is 3.07. The van der Waals surface area contributed by atoms with Gasteiger partial charge in [0.15, 0.2) is 0 Å². The van der Waals surface area contributed by atoms with Crippen molar-refractivity contribution in [3.63, 3.8) is 0 Å². The molecule has 1 fully saturated rings. The lowest BCUT2D eigenvalue weighted by Gasteiger charge is -2.09. The van der Waals surface area contributed by atoms with Crippen molar-refractivity contribution < 1.29 is 14.3 Å². The second-order valence-electron chi connectivity index (χ2n) is 4.32. The summed E-state index contributed by atoms with van der Waals surface area (Å²) >= 11 is 1.36. The molecule has 96 valence electrons. The first-order valence-corrected chi connectivity index (χ1v) is 6.74. The summed E-state index contributed by atoms with van der Waals surface area (Å²) in [4.78, 5) is 17.2. The maximum Gasteiger partial charge on any atom is 0.348 e. The molecule has 0 radical (unpaired) electrons. The van der Waals surface area contributed by atoms with E-state index in [1.54, 1.807) is 0 Å². The SMILES string of the molecule is COC(=O)c1cc2c(ncn2CC2CCCO2)s1. The highest BCUT2D eigenvalue weighted by atomic mass is 32.1. The van der Waals surface area contributed by atoms with Crippen molar-refractivity contribution in [1.82, 2.24) is 9.55 Å². The molecule has 1 atom stereocenters. The molecule has 0 spiro atoms. The molecule has 0 aliphatic carbocycles. The molecule has 5 nitrogen and oxygen atoms in total. The Labute approximate surface area is 108 Å². The first-order chi connectivity index (χ1) is 8.78. The number of aromatic nitrogens is 2. The molecular weight excluding hydrogens is 252 g/mol. The highest BCUT2D eigenvalue weighted by Crippen LogP contribution is 2.26. The molecule has 1 saturated heterocycles. The molecule has 1 unspecified atom stereocenters. The van der Waals surface area contributed by atoms with Crippen molar-refractivity contribution in [2.24, 2.45) is 0 Å². The van der Waals surface area contributed by atoms with Crippen LogP contribution in [-0.2, 0) is 16.0 Å². The summed E-state index contributed by atoms with van der Waals surface area (Å²) in [6.45, 7) is 1.65. The van der Waals surface area contributed by atoms with Crippen LogP contribution in [0.2, 0.25) is 0 Å². The predicted molar refractivity (Wildman–Crippen MR) is 67.9 cm³/mol. The zero-order valence-corrected chi connectivity index (χ0v) is 10.9. The number of methoxy groups -OCH3 is 1. The number of ether oxygens (including phenoxy) is 2. The van der Waals surface area contributed by atoms with Crippen LogP contribution in [0.4, 0.5) is 0 Å². The average molecular weight is 266 g/mol. The first kappa shape index (κ1) is 11.7. The summed E-state index contributed by atoms with van der Waals surface area (Å²) in [5.74, 6) is -0.304. The lowest BCUT2D eigenvalue weighted by molar-refractivity contribution is 0.0606. The van der Waals surface area contributed by atoms with E-state index in [-0.39, 0.29) is 12.1 Å². The van der Waals surface area contributed by atoms with Gasteiger partial charge in [0, 0.05) is 6.61 Å². The van der Waals surface area contributed by atoms with Crippen LogP contribution in [0.15, 0.2) is 12.4 Å². The van der Waals surface area contributed by atoms with Crippen LogP contribution >= 0.6 is 11.3 Å². The van der Waals surface area contributed by atoms with Crippen molar-refractivity contribution in [2.45, 2.75) is 25.5 Å². The fourth-order valence-corrected chi connectivity index (χ4v) is 3.13. The Morgan fingerprint density at radius 2 is 2.61 bits per heavy atom. The number of fused-ring (bicyclic) bond motifs is 1. The number of carbonyl (C=O) groups excluding carboxylic acids is 1. The van der Waals surface area contributed by atoms with Crippen LogP contribution in [0.5, 0.6) is 0 Å². The van der Waals surface area contributed by atoms with Gasteiger partial charge < -0.3 is 14.0 Å². The Bertz CT molecular complexity index is 569. The fourth-order valence-electron chi connectivity index (χ4n) is 2.21. The summed E-state index contributed by atoms with van der Waals surface area (Å²) in [5, 5.41) is 0. The van der Waals surface area contributed by atoms with Gasteiger partial charge in [0.25, 0.3) is 0 Å². The van der Waals surface area contributed by atoms with Crippen LogP contribution in [-0.4, -0.2) is 35.3 Å². The number of nitrogens with zero attached hydrogens (tertiary/aromatic N) is 2. The molecule has 0 N–H and O–H groups in total. The van der Waals surface area contributed by atoms with E-state index >= 15 is 0 Å². The molecule has 3 rings (SSSR count). The Kier molecular flexibility index (Phi) is 3.05. The van der Waals surface area contributed by atoms with E-state index < -0.39 is 0 Å². The predicted octanol–water partition coefficient (Wildman–Crippen LogP) is 2.06. The van der Waals surface area contributed by atoms with E-state index in [2.05, 4.69) is 4.98 Å². The summed E-state index contributed by atoms with van der Waals surface area (Å²) in [7, 11) is 1.39. The molecule has 6 heteroatoms. The van der Waals surface area contributed by atoms with E-state index in [0.717, 1.165) is 36.3 Å². The minimum Gasteiger partial charge on any atom is -0.465 e. The molecular formula is C12H14N2O3S. The van der Waals surface area contributed by atoms with Gasteiger partial charge in [0.05, 0.1) is 31.6 Å². The van der Waals surface area contributed by atoms with Gasteiger partial charge in [0.1, 0.15) is 9.71 Å². The van der Waals surface area contributed by atoms with Crippen molar-refractivity contribution in [3.05, 3.63) is 17.3 Å². The molecule has 3 heterocycles. The Hall–Kier alpha value is -1.40. The molecule has 18 heavy (non-hydrogen) atoms. The highest BCUT2D eigenvalue weighted by Gasteiger charge is 2.19. The van der Waals surface area contributed by atoms with E-state index in [4.69, 9.17) is 9.47 Å². The fraction of sp³-hybridized carbons (Fsp3) is 0.500. The highest BCUT2D eigenvalue weighted by molar-refractivity contribution is 7.20. The molecule has 0 amide bonds. The van der Waals surface area contributed by atoms with Gasteiger partial charge in [-0.05, 0) is 18.9 Å². The molecule has 0 saturated carbocycles. The monoisotopic (exact) mass is 266 g/mol. The maximum atomic E-state index is 11.5. The van der Waals surface area contributed by atoms with Crippen molar-refractivity contribution >= 4 is 27.7 Å². The zero-order valence-electron chi connectivity index (χ0n) is 10.1. The third-order valence-corrected chi connectivity index (χ3v) is 4.14. The summed E-state index contributed by atoms with van der Waals surface area (Å²) < 4.78 is 12.4. The molecule has 2 aromatic rings. The molecule has 1 aliphatic heterocycles. The number of esters is 1. The van der Waals surface area contributed by atoms with Crippen molar-refractivity contribution in [1.29, 1.82) is 0 Å². The Morgan fingerprint density at radius 1 is 1.72 bits per heavy atom. The van der Waals surface area contributed by atoms with Gasteiger partial charge in [-0.25, -0.2) is 9.78 Å². The van der Waals surface area contributed by atoms with E-state index in [1.807, 2.05) is 17.0 Å². The van der Waals surface area contributed by atoms with Gasteiger partial charge >= 0.3 is 5.97 Å². The van der Waals surface area contributed by atoms with Gasteiger partial charge in [-0.3, -0.25) is 0 Å². The van der Waals surface area contributed by atoms with E-state index in [9.17, 15) is 4.79 Å². The zero-order chi connectivity index (χ0) is 12.5. The smallest absolute Gasteiger partial charge is 0.348 e. The van der Waals surface area contributed by atoms with Gasteiger partial charge in [-0.1, -0.05) is 0 Å². The maximum absolute atomic E-state index is 11.5. The Morgan fingerprint density at radius 3 is 3.33 bits per heavy atom. The number of carbonyl (C=O) groups is 1. The normalized spacial score (nSPS) is 19.5. The number of hydrogen-bond donors (Lipinski definition) is 0. The first-order valence-electron chi connectivity index (χ1n) is 5.92. The largest absolute Gasteiger partial charge is 0.465 e. The molecule has 2 aromatic heterocycles. The summed E-state index contributed by atoms with van der Waals surface area (Å²) in [5.41, 5.74) is 0.982. The summed E-state index contributed by atoms with van der Waals surface area (Å²) in [6, 6.07) is 1.84. The topological polar surface area (TPSA) is 53.3 Å². The quantitative estimate of drug-likeness (QED) is 0.798. The third-order valence-electron chi connectivity index (χ3n) is 3.13. The van der Waals surface area contributed by atoms with Crippen molar-refractivity contribution in [2.75, 3.05) is 13.7 Å². The van der Waals surface area contributed by atoms with Gasteiger partial charge in [0.2, 0.25) is 0 Å². The standard InChI is InChI=1S/C12H14N2O3S/c1-16-12(15)10-5-9-11(18-10)13-7-14(9)6-8-3-2-4-17-8/h5,7-8H,2-4,6H2,1H3. The number of hydrogen-bond acceptors (Lipinski definition) is 5. The minimum absolute atomic E-state index is 0.267. The third kappa shape index (κ3) is 2.02. The second kappa shape index (κ2) is 4.70. The van der Waals surface area contributed by atoms with Crippen LogP contribution in [0.1, 0.15) is 22.5 Å². The minimum atomic E-state index is -0.304. The lowest BCUT2D eigenvalue weighted by Crippen LogP contribution is -2.13. The van der Waals surface area contributed by atoms with Gasteiger partial charge in [-0.15, -0.1) is 11.3 Å². The van der Waals surface area contributed by atoms with Crippen LogP contribution < -0.4 is 0 Å². The number of rotatable bonds is 3.